The van der Waals surface area contributed by atoms with Crippen molar-refractivity contribution < 1.29 is 14.3 Å². The lowest BCUT2D eigenvalue weighted by Crippen LogP contribution is -2.27. The van der Waals surface area contributed by atoms with Crippen molar-refractivity contribution in [1.29, 1.82) is 0 Å². The van der Waals surface area contributed by atoms with E-state index in [0.29, 0.717) is 16.3 Å². The van der Waals surface area contributed by atoms with Gasteiger partial charge in [0.1, 0.15) is 0 Å². The minimum absolute atomic E-state index is 0.175. The Kier molecular flexibility index (Phi) is 4.35. The van der Waals surface area contributed by atoms with Gasteiger partial charge in [-0.15, -0.1) is 0 Å². The summed E-state index contributed by atoms with van der Waals surface area (Å²) in [5.74, 6) is -0.649. The van der Waals surface area contributed by atoms with Crippen LogP contribution in [0.1, 0.15) is 31.1 Å². The molecule has 0 unspecified atom stereocenters. The Morgan fingerprint density at radius 2 is 1.89 bits per heavy atom. The zero-order chi connectivity index (χ0) is 13.9. The van der Waals surface area contributed by atoms with E-state index < -0.39 is 11.4 Å². The lowest BCUT2D eigenvalue weighted by molar-refractivity contribution is -0.123. The number of ether oxygens (including phenoxy) is 1. The molecule has 0 aromatic heterocycles. The van der Waals surface area contributed by atoms with E-state index in [0.717, 1.165) is 0 Å². The second-order valence-electron chi connectivity index (χ2n) is 4.89. The summed E-state index contributed by atoms with van der Waals surface area (Å²) in [4.78, 5) is 23.2. The second-order valence-corrected chi connectivity index (χ2v) is 5.30. The lowest BCUT2D eigenvalue weighted by atomic mass is 9.95. The fourth-order valence-corrected chi connectivity index (χ4v) is 1.34. The zero-order valence-electron chi connectivity index (χ0n) is 10.8. The first kappa shape index (κ1) is 14.5. The normalized spacial score (nSPS) is 10.9. The van der Waals surface area contributed by atoms with E-state index in [9.17, 15) is 9.59 Å². The quantitative estimate of drug-likeness (QED) is 0.840. The van der Waals surface area contributed by atoms with Gasteiger partial charge in [-0.1, -0.05) is 32.4 Å². The predicted molar refractivity (Wildman–Crippen MR) is 70.9 cm³/mol. The molecule has 0 aliphatic rings. The van der Waals surface area contributed by atoms with Gasteiger partial charge in [0, 0.05) is 5.41 Å². The van der Waals surface area contributed by atoms with Crippen molar-refractivity contribution in [2.24, 2.45) is 5.41 Å². The zero-order valence-corrected chi connectivity index (χ0v) is 11.6. The number of hydrogen-bond donors (Lipinski definition) is 1. The maximum Gasteiger partial charge on any atom is 0.337 e. The Balaban J connectivity index is 3.02. The molecule has 5 heteroatoms. The van der Waals surface area contributed by atoms with E-state index >= 15 is 0 Å². The average molecular weight is 270 g/mol. The number of rotatable bonds is 2. The molecule has 0 aliphatic heterocycles. The van der Waals surface area contributed by atoms with Crippen molar-refractivity contribution in [3.8, 4) is 0 Å². The van der Waals surface area contributed by atoms with Crippen LogP contribution in [0.2, 0.25) is 5.02 Å². The summed E-state index contributed by atoms with van der Waals surface area (Å²) in [5.41, 5.74) is 0.204. The molecule has 1 rings (SSSR count). The summed E-state index contributed by atoms with van der Waals surface area (Å²) in [6.45, 7) is 5.38. The van der Waals surface area contributed by atoms with E-state index in [2.05, 4.69) is 10.1 Å². The predicted octanol–water partition coefficient (Wildman–Crippen LogP) is 3.11. The van der Waals surface area contributed by atoms with Crippen molar-refractivity contribution in [3.63, 3.8) is 0 Å². The van der Waals surface area contributed by atoms with Crippen LogP contribution in [0.4, 0.5) is 5.69 Å². The monoisotopic (exact) mass is 269 g/mol. The number of carbonyl (C=O) groups is 2. The highest BCUT2D eigenvalue weighted by Gasteiger charge is 2.22. The topological polar surface area (TPSA) is 55.4 Å². The number of benzene rings is 1. The third-order valence-electron chi connectivity index (χ3n) is 2.32. The molecule has 1 aromatic carbocycles. The maximum atomic E-state index is 11.9. The third kappa shape index (κ3) is 3.47. The van der Waals surface area contributed by atoms with Crippen LogP contribution in [-0.4, -0.2) is 19.0 Å². The Bertz CT molecular complexity index is 478. The van der Waals surface area contributed by atoms with Crippen LogP contribution in [0.15, 0.2) is 18.2 Å². The molecule has 4 nitrogen and oxygen atoms in total. The molecular formula is C13H16ClNO3. The van der Waals surface area contributed by atoms with Crippen LogP contribution in [0.25, 0.3) is 0 Å². The summed E-state index contributed by atoms with van der Waals surface area (Å²) < 4.78 is 4.61. The van der Waals surface area contributed by atoms with Gasteiger partial charge in [0.05, 0.1) is 23.4 Å². The van der Waals surface area contributed by atoms with Gasteiger partial charge in [-0.2, -0.15) is 0 Å². The first-order valence-corrected chi connectivity index (χ1v) is 5.83. The van der Waals surface area contributed by atoms with E-state index in [1.165, 1.54) is 13.2 Å². The van der Waals surface area contributed by atoms with Crippen molar-refractivity contribution >= 4 is 29.2 Å². The Labute approximate surface area is 111 Å². The van der Waals surface area contributed by atoms with Crippen LogP contribution in [-0.2, 0) is 9.53 Å². The minimum atomic E-state index is -0.537. The van der Waals surface area contributed by atoms with Gasteiger partial charge in [0.15, 0.2) is 0 Å². The highest BCUT2D eigenvalue weighted by Crippen LogP contribution is 2.25. The molecule has 0 aliphatic carbocycles. The molecule has 0 fully saturated rings. The number of esters is 1. The molecule has 1 amide bonds. The molecule has 0 heterocycles. The number of halogens is 1. The summed E-state index contributed by atoms with van der Waals surface area (Å²) in [5, 5.41) is 3.07. The van der Waals surface area contributed by atoms with Crippen molar-refractivity contribution in [2.45, 2.75) is 20.8 Å². The molecule has 0 radical (unpaired) electrons. The highest BCUT2D eigenvalue weighted by molar-refractivity contribution is 6.33. The molecule has 98 valence electrons. The Morgan fingerprint density at radius 3 is 2.39 bits per heavy atom. The van der Waals surface area contributed by atoms with Crippen molar-refractivity contribution in [2.75, 3.05) is 12.4 Å². The van der Waals surface area contributed by atoms with Crippen LogP contribution in [0.5, 0.6) is 0 Å². The minimum Gasteiger partial charge on any atom is -0.465 e. The van der Waals surface area contributed by atoms with Crippen molar-refractivity contribution in [1.82, 2.24) is 0 Å². The number of methoxy groups -OCH3 is 1. The third-order valence-corrected chi connectivity index (χ3v) is 2.65. The Hall–Kier alpha value is -1.55. The van der Waals surface area contributed by atoms with Gasteiger partial charge in [0.2, 0.25) is 5.91 Å². The first-order valence-electron chi connectivity index (χ1n) is 5.45. The summed E-state index contributed by atoms with van der Waals surface area (Å²) in [7, 11) is 1.30. The van der Waals surface area contributed by atoms with E-state index in [1.807, 2.05) is 0 Å². The van der Waals surface area contributed by atoms with Gasteiger partial charge in [-0.3, -0.25) is 4.79 Å². The summed E-state index contributed by atoms with van der Waals surface area (Å²) in [6, 6.07) is 4.59. The number of anilines is 1. The van der Waals surface area contributed by atoms with Crippen molar-refractivity contribution in [3.05, 3.63) is 28.8 Å². The molecule has 0 saturated heterocycles. The van der Waals surface area contributed by atoms with Crippen LogP contribution in [0, 0.1) is 5.41 Å². The maximum absolute atomic E-state index is 11.9. The SMILES string of the molecule is COC(=O)c1ccc(Cl)c(NC(=O)C(C)(C)C)c1. The number of nitrogens with one attached hydrogen (secondary N) is 1. The fraction of sp³-hybridized carbons (Fsp3) is 0.385. The fourth-order valence-electron chi connectivity index (χ4n) is 1.18. The van der Waals surface area contributed by atoms with E-state index in [1.54, 1.807) is 32.9 Å². The molecular weight excluding hydrogens is 254 g/mol. The number of carbonyl (C=O) groups excluding carboxylic acids is 2. The van der Waals surface area contributed by atoms with Gasteiger partial charge < -0.3 is 10.1 Å². The second kappa shape index (κ2) is 5.40. The van der Waals surface area contributed by atoms with Gasteiger partial charge >= 0.3 is 5.97 Å². The van der Waals surface area contributed by atoms with Crippen LogP contribution >= 0.6 is 11.6 Å². The number of amides is 1. The van der Waals surface area contributed by atoms with E-state index in [4.69, 9.17) is 11.6 Å². The largest absolute Gasteiger partial charge is 0.465 e. The first-order chi connectivity index (χ1) is 8.25. The molecule has 0 bridgehead atoms. The summed E-state index contributed by atoms with van der Waals surface area (Å²) in [6.07, 6.45) is 0. The number of hydrogen-bond acceptors (Lipinski definition) is 3. The molecule has 0 spiro atoms. The highest BCUT2D eigenvalue weighted by atomic mass is 35.5. The van der Waals surface area contributed by atoms with Crippen LogP contribution < -0.4 is 5.32 Å². The Morgan fingerprint density at radius 1 is 1.28 bits per heavy atom. The summed E-state index contributed by atoms with van der Waals surface area (Å²) >= 11 is 5.97. The van der Waals surface area contributed by atoms with Gasteiger partial charge in [-0.25, -0.2) is 4.79 Å². The average Bonchev–Trinajstić information content (AvgIpc) is 2.29. The molecule has 1 N–H and O–H groups in total. The van der Waals surface area contributed by atoms with Gasteiger partial charge in [-0.05, 0) is 18.2 Å². The molecule has 18 heavy (non-hydrogen) atoms. The lowest BCUT2D eigenvalue weighted by Gasteiger charge is -2.18. The molecule has 1 aromatic rings. The molecule has 0 saturated carbocycles. The van der Waals surface area contributed by atoms with Crippen LogP contribution in [0.3, 0.4) is 0 Å². The van der Waals surface area contributed by atoms with E-state index in [-0.39, 0.29) is 5.91 Å². The smallest absolute Gasteiger partial charge is 0.337 e. The van der Waals surface area contributed by atoms with Gasteiger partial charge in [0.25, 0.3) is 0 Å². The molecule has 0 atom stereocenters. The standard InChI is InChI=1S/C13H16ClNO3/c1-13(2,3)12(17)15-10-7-8(11(16)18-4)5-6-9(10)14/h5-7H,1-4H3,(H,15,17).